The molecule has 1 aromatic carbocycles. The maximum absolute atomic E-state index is 12.2. The zero-order valence-corrected chi connectivity index (χ0v) is 13.0. The van der Waals surface area contributed by atoms with E-state index >= 15 is 0 Å². The lowest BCUT2D eigenvalue weighted by Gasteiger charge is -2.11. The van der Waals surface area contributed by atoms with Crippen molar-refractivity contribution in [1.82, 2.24) is 0 Å². The average Bonchev–Trinajstić information content (AvgIpc) is 2.95. The first-order valence-corrected chi connectivity index (χ1v) is 8.26. The predicted octanol–water partition coefficient (Wildman–Crippen LogP) is 3.12. The molecule has 2 unspecified atom stereocenters. The monoisotopic (exact) mass is 328 g/mol. The third kappa shape index (κ3) is 3.39. The van der Waals surface area contributed by atoms with Crippen LogP contribution in [0, 0.1) is 0 Å². The van der Waals surface area contributed by atoms with E-state index in [1.807, 2.05) is 11.4 Å². The highest BCUT2D eigenvalue weighted by molar-refractivity contribution is 7.88. The Morgan fingerprint density at radius 2 is 2.20 bits per heavy atom. The smallest absolute Gasteiger partial charge is 0.240 e. The Balaban J connectivity index is 2.07. The molecule has 2 aromatic rings. The summed E-state index contributed by atoms with van der Waals surface area (Å²) in [4.78, 5) is 12.1. The van der Waals surface area contributed by atoms with Gasteiger partial charge in [0.25, 0.3) is 0 Å². The molecule has 4 nitrogen and oxygen atoms in total. The minimum atomic E-state index is -1.36. The lowest BCUT2D eigenvalue weighted by atomic mass is 10.2. The van der Waals surface area contributed by atoms with Crippen molar-refractivity contribution < 1.29 is 9.00 Å². The van der Waals surface area contributed by atoms with Crippen LogP contribution in [0.3, 0.4) is 0 Å². The Kier molecular flexibility index (Phi) is 4.80. The number of hydrogen-bond acceptors (Lipinski definition) is 4. The molecule has 2 atom stereocenters. The van der Waals surface area contributed by atoms with Crippen LogP contribution in [0.2, 0.25) is 5.02 Å². The van der Waals surface area contributed by atoms with E-state index < -0.39 is 16.0 Å². The molecule has 1 amide bonds. The number of carbonyl (C=O) groups is 1. The maximum atomic E-state index is 12.2. The van der Waals surface area contributed by atoms with Crippen molar-refractivity contribution in [3.05, 3.63) is 40.7 Å². The van der Waals surface area contributed by atoms with Gasteiger partial charge in [-0.3, -0.25) is 9.00 Å². The van der Waals surface area contributed by atoms with Gasteiger partial charge in [0, 0.05) is 5.69 Å². The van der Waals surface area contributed by atoms with Gasteiger partial charge in [0.1, 0.15) is 5.25 Å². The summed E-state index contributed by atoms with van der Waals surface area (Å²) in [5, 5.41) is 4.30. The maximum Gasteiger partial charge on any atom is 0.240 e. The van der Waals surface area contributed by atoms with Gasteiger partial charge in [0.15, 0.2) is 0 Å². The SMILES string of the molecule is CC(C(=O)Nc1ccc(Cl)c(N)c1)S(=O)c1cccs1. The molecule has 7 heteroatoms. The van der Waals surface area contributed by atoms with Crippen LogP contribution in [0.4, 0.5) is 11.4 Å². The molecule has 0 saturated carbocycles. The lowest BCUT2D eigenvalue weighted by Crippen LogP contribution is -2.28. The van der Waals surface area contributed by atoms with E-state index in [0.29, 0.717) is 20.6 Å². The van der Waals surface area contributed by atoms with Crippen molar-refractivity contribution in [3.63, 3.8) is 0 Å². The summed E-state index contributed by atoms with van der Waals surface area (Å²) in [6.45, 7) is 1.63. The summed E-state index contributed by atoms with van der Waals surface area (Å²) in [6.07, 6.45) is 0. The zero-order chi connectivity index (χ0) is 14.7. The summed E-state index contributed by atoms with van der Waals surface area (Å²) >= 11 is 7.18. The number of nitrogens with two attached hydrogens (primary N) is 1. The summed E-state index contributed by atoms with van der Waals surface area (Å²) in [5.74, 6) is -0.321. The van der Waals surface area contributed by atoms with E-state index in [1.165, 1.54) is 11.3 Å². The molecule has 1 heterocycles. The molecular formula is C13H13ClN2O2S2. The van der Waals surface area contributed by atoms with E-state index in [-0.39, 0.29) is 5.91 Å². The van der Waals surface area contributed by atoms with E-state index in [4.69, 9.17) is 17.3 Å². The minimum Gasteiger partial charge on any atom is -0.397 e. The Bertz CT molecular complexity index is 644. The molecule has 3 N–H and O–H groups in total. The van der Waals surface area contributed by atoms with Crippen LogP contribution in [0.25, 0.3) is 0 Å². The van der Waals surface area contributed by atoms with E-state index in [2.05, 4.69) is 5.32 Å². The van der Waals surface area contributed by atoms with Gasteiger partial charge >= 0.3 is 0 Å². The quantitative estimate of drug-likeness (QED) is 0.847. The number of thiophene rings is 1. The first kappa shape index (κ1) is 15.0. The fraction of sp³-hybridized carbons (Fsp3) is 0.154. The number of carbonyl (C=O) groups excluding carboxylic acids is 1. The van der Waals surface area contributed by atoms with Gasteiger partial charge in [0.05, 0.1) is 25.7 Å². The Hall–Kier alpha value is -1.37. The summed E-state index contributed by atoms with van der Waals surface area (Å²) < 4.78 is 12.9. The number of amides is 1. The average molecular weight is 329 g/mol. The topological polar surface area (TPSA) is 72.2 Å². The highest BCUT2D eigenvalue weighted by Gasteiger charge is 2.22. The van der Waals surface area contributed by atoms with E-state index in [1.54, 1.807) is 31.2 Å². The Labute approximate surface area is 128 Å². The van der Waals surface area contributed by atoms with Crippen LogP contribution in [-0.4, -0.2) is 15.4 Å². The molecule has 0 aliphatic carbocycles. The van der Waals surface area contributed by atoms with Gasteiger partial charge in [-0.05, 0) is 36.6 Å². The summed E-state index contributed by atoms with van der Waals surface area (Å²) in [5.41, 5.74) is 6.59. The van der Waals surface area contributed by atoms with Crippen molar-refractivity contribution >= 4 is 51.0 Å². The van der Waals surface area contributed by atoms with Gasteiger partial charge in [-0.2, -0.15) is 0 Å². The van der Waals surface area contributed by atoms with E-state index in [9.17, 15) is 9.00 Å². The summed E-state index contributed by atoms with van der Waals surface area (Å²) in [6, 6.07) is 8.39. The largest absolute Gasteiger partial charge is 0.397 e. The van der Waals surface area contributed by atoms with Crippen molar-refractivity contribution in [2.45, 2.75) is 16.4 Å². The second kappa shape index (κ2) is 6.39. The molecule has 2 rings (SSSR count). The van der Waals surface area contributed by atoms with Gasteiger partial charge in [-0.25, -0.2) is 0 Å². The second-order valence-electron chi connectivity index (χ2n) is 4.10. The number of benzene rings is 1. The van der Waals surface area contributed by atoms with Gasteiger partial charge in [0.2, 0.25) is 5.91 Å². The number of nitrogens with one attached hydrogen (secondary N) is 1. The first-order valence-electron chi connectivity index (χ1n) is 5.79. The van der Waals surface area contributed by atoms with Crippen LogP contribution in [0.1, 0.15) is 6.92 Å². The van der Waals surface area contributed by atoms with Crippen LogP contribution in [-0.2, 0) is 15.6 Å². The van der Waals surface area contributed by atoms with Gasteiger partial charge in [-0.1, -0.05) is 17.7 Å². The number of hydrogen-bond donors (Lipinski definition) is 2. The normalized spacial score (nSPS) is 13.7. The van der Waals surface area contributed by atoms with Crippen molar-refractivity contribution in [2.24, 2.45) is 0 Å². The molecule has 0 saturated heterocycles. The van der Waals surface area contributed by atoms with Crippen molar-refractivity contribution in [1.29, 1.82) is 0 Å². The molecule has 0 bridgehead atoms. The van der Waals surface area contributed by atoms with Crippen molar-refractivity contribution in [2.75, 3.05) is 11.1 Å². The molecule has 0 fully saturated rings. The molecule has 20 heavy (non-hydrogen) atoms. The van der Waals surface area contributed by atoms with Crippen LogP contribution in [0.15, 0.2) is 39.9 Å². The molecule has 1 aromatic heterocycles. The molecule has 0 radical (unpaired) electrons. The lowest BCUT2D eigenvalue weighted by molar-refractivity contribution is -0.115. The highest BCUT2D eigenvalue weighted by atomic mass is 35.5. The fourth-order valence-electron chi connectivity index (χ4n) is 1.51. The molecule has 0 aliphatic rings. The Morgan fingerprint density at radius 1 is 1.45 bits per heavy atom. The molecular weight excluding hydrogens is 316 g/mol. The molecule has 106 valence electrons. The minimum absolute atomic E-state index is 0.321. The number of halogens is 1. The van der Waals surface area contributed by atoms with E-state index in [0.717, 1.165) is 0 Å². The summed E-state index contributed by atoms with van der Waals surface area (Å²) in [7, 11) is -1.36. The number of nitrogen functional groups attached to an aromatic ring is 1. The second-order valence-corrected chi connectivity index (χ2v) is 7.45. The first-order chi connectivity index (χ1) is 9.49. The predicted molar refractivity (Wildman–Crippen MR) is 84.7 cm³/mol. The van der Waals surface area contributed by atoms with Gasteiger partial charge in [-0.15, -0.1) is 11.3 Å². The third-order valence-corrected chi connectivity index (χ3v) is 5.82. The Morgan fingerprint density at radius 3 is 2.80 bits per heavy atom. The van der Waals surface area contributed by atoms with Gasteiger partial charge < -0.3 is 11.1 Å². The fourth-order valence-corrected chi connectivity index (χ4v) is 3.87. The molecule has 0 spiro atoms. The van der Waals surface area contributed by atoms with Crippen molar-refractivity contribution in [3.8, 4) is 0 Å². The van der Waals surface area contributed by atoms with Crippen LogP contribution >= 0.6 is 22.9 Å². The zero-order valence-electron chi connectivity index (χ0n) is 10.6. The standard InChI is InChI=1S/C13H13ClN2O2S2/c1-8(20(18)12-3-2-6-19-12)13(17)16-9-4-5-10(14)11(15)7-9/h2-8H,15H2,1H3,(H,16,17). The number of anilines is 2. The third-order valence-electron chi connectivity index (χ3n) is 2.65. The number of rotatable bonds is 4. The van der Waals surface area contributed by atoms with Crippen LogP contribution < -0.4 is 11.1 Å². The highest BCUT2D eigenvalue weighted by Crippen LogP contribution is 2.23. The van der Waals surface area contributed by atoms with Crippen LogP contribution in [0.5, 0.6) is 0 Å². The molecule has 0 aliphatic heterocycles.